The molecule has 0 spiro atoms. The molecule has 1 aromatic heterocycles. The third-order valence-electron chi connectivity index (χ3n) is 6.81. The van der Waals surface area contributed by atoms with Gasteiger partial charge in [0.1, 0.15) is 18.1 Å². The number of aromatic nitrogens is 2. The molecule has 4 atom stereocenters. The Hall–Kier alpha value is -4.74. The number of carboxylic acids is 1. The normalized spacial score (nSPS) is 14.1. The quantitative estimate of drug-likeness (QED) is 0.208. The van der Waals surface area contributed by atoms with Gasteiger partial charge in [-0.05, 0) is 30.0 Å². The average Bonchev–Trinajstić information content (AvgIpc) is 2.93. The van der Waals surface area contributed by atoms with Crippen LogP contribution in [-0.2, 0) is 25.6 Å². The van der Waals surface area contributed by atoms with Gasteiger partial charge in [-0.3, -0.25) is 19.2 Å². The highest BCUT2D eigenvalue weighted by Crippen LogP contribution is 2.16. The van der Waals surface area contributed by atoms with Crippen molar-refractivity contribution in [3.63, 3.8) is 0 Å². The molecule has 3 aromatic rings. The van der Waals surface area contributed by atoms with E-state index in [1.165, 1.54) is 6.07 Å². The first-order chi connectivity index (χ1) is 19.0. The second-order valence-electron chi connectivity index (χ2n) is 9.63. The molecule has 40 heavy (non-hydrogen) atoms. The van der Waals surface area contributed by atoms with Gasteiger partial charge in [0.2, 0.25) is 17.7 Å². The Labute approximate surface area is 229 Å². The summed E-state index contributed by atoms with van der Waals surface area (Å²) in [6.45, 7) is 3.49. The van der Waals surface area contributed by atoms with Crippen molar-refractivity contribution in [2.75, 3.05) is 0 Å². The molecule has 12 nitrogen and oxygen atoms in total. The lowest BCUT2D eigenvalue weighted by molar-refractivity contribution is -0.143. The Morgan fingerprint density at radius 1 is 0.975 bits per heavy atom. The van der Waals surface area contributed by atoms with E-state index in [0.29, 0.717) is 17.5 Å². The minimum absolute atomic E-state index is 0.0286. The molecule has 0 bridgehead atoms. The molecule has 6 N–H and O–H groups in total. The van der Waals surface area contributed by atoms with Crippen LogP contribution in [0.15, 0.2) is 64.2 Å². The highest BCUT2D eigenvalue weighted by Gasteiger charge is 2.33. The molecule has 0 saturated carbocycles. The molecule has 0 radical (unpaired) electrons. The number of fused-ring (bicyclic) bond motifs is 1. The Morgan fingerprint density at radius 3 is 2.25 bits per heavy atom. The number of amides is 3. The lowest BCUT2D eigenvalue weighted by atomic mass is 9.96. The number of carbonyl (C=O) groups is 4. The van der Waals surface area contributed by atoms with E-state index in [-0.39, 0.29) is 24.6 Å². The van der Waals surface area contributed by atoms with Crippen LogP contribution < -0.4 is 27.6 Å². The number of aliphatic carboxylic acids is 1. The number of para-hydroxylation sites is 1. The van der Waals surface area contributed by atoms with Crippen molar-refractivity contribution in [2.45, 2.75) is 57.7 Å². The second-order valence-corrected chi connectivity index (χ2v) is 9.63. The molecule has 212 valence electrons. The number of rotatable bonds is 13. The molecule has 0 saturated heterocycles. The number of hydrogen-bond donors (Lipinski definition) is 5. The maximum Gasteiger partial charge on any atom is 0.329 e. The number of carbonyl (C=O) groups excluding carboxylic acids is 3. The molecule has 1 heterocycles. The van der Waals surface area contributed by atoms with Gasteiger partial charge in [0.15, 0.2) is 0 Å². The Bertz CT molecular complexity index is 1500. The molecule has 3 amide bonds. The SMILES string of the molecule is CCC(C)[C@H](NC(=O)[C@H](Cc1ccccc1)n1c(=O)[nH]c2ccccc2c1=O)C(=O)N[C@@H](CCC(N)=O)C(=O)O. The summed E-state index contributed by atoms with van der Waals surface area (Å²) < 4.78 is 0.836. The maximum atomic E-state index is 13.8. The standard InChI is InChI=1S/C28H33N5O7/c1-3-16(2)23(25(36)30-20(27(38)39)13-14-22(29)34)32-24(35)21(15-17-9-5-4-6-10-17)33-26(37)18-11-7-8-12-19(18)31-28(33)40/h4-12,16,20-21,23H,3,13-15H2,1-2H3,(H2,29,34)(H,30,36)(H,31,40)(H,32,35)(H,38,39)/t16?,20-,21-,23-/m0/s1. The van der Waals surface area contributed by atoms with Crippen LogP contribution in [0.1, 0.15) is 44.7 Å². The number of nitrogens with one attached hydrogen (secondary N) is 3. The minimum atomic E-state index is -1.41. The second kappa shape index (κ2) is 13.4. The third-order valence-corrected chi connectivity index (χ3v) is 6.81. The van der Waals surface area contributed by atoms with Gasteiger partial charge in [0.05, 0.1) is 10.9 Å². The van der Waals surface area contributed by atoms with Crippen molar-refractivity contribution in [3.05, 3.63) is 81.0 Å². The van der Waals surface area contributed by atoms with Gasteiger partial charge >= 0.3 is 11.7 Å². The lowest BCUT2D eigenvalue weighted by Crippen LogP contribution is -2.56. The summed E-state index contributed by atoms with van der Waals surface area (Å²) in [6, 6.07) is 11.3. The predicted octanol–water partition coefficient (Wildman–Crippen LogP) is 0.839. The number of carboxylic acid groups (broad SMARTS) is 1. The number of nitrogens with two attached hydrogens (primary N) is 1. The van der Waals surface area contributed by atoms with Crippen LogP contribution in [0.2, 0.25) is 0 Å². The fourth-order valence-corrected chi connectivity index (χ4v) is 4.35. The molecule has 0 fully saturated rings. The van der Waals surface area contributed by atoms with Gasteiger partial charge < -0.3 is 26.5 Å². The van der Waals surface area contributed by atoms with E-state index >= 15 is 0 Å². The lowest BCUT2D eigenvalue weighted by Gasteiger charge is -2.28. The van der Waals surface area contributed by atoms with Crippen LogP contribution in [0.3, 0.4) is 0 Å². The molecule has 0 aliphatic rings. The zero-order valence-electron chi connectivity index (χ0n) is 22.3. The predicted molar refractivity (Wildman–Crippen MR) is 147 cm³/mol. The Morgan fingerprint density at radius 2 is 1.62 bits per heavy atom. The van der Waals surface area contributed by atoms with E-state index in [9.17, 15) is 33.9 Å². The average molecular weight is 552 g/mol. The van der Waals surface area contributed by atoms with E-state index in [0.717, 1.165) is 4.57 Å². The van der Waals surface area contributed by atoms with Gasteiger partial charge in [0, 0.05) is 12.8 Å². The monoisotopic (exact) mass is 551 g/mol. The number of aromatic amines is 1. The van der Waals surface area contributed by atoms with Crippen LogP contribution in [0.4, 0.5) is 0 Å². The molecule has 0 aliphatic carbocycles. The fraction of sp³-hybridized carbons (Fsp3) is 0.357. The third kappa shape index (κ3) is 7.22. The maximum absolute atomic E-state index is 13.8. The topological polar surface area (TPSA) is 193 Å². The van der Waals surface area contributed by atoms with Crippen molar-refractivity contribution >= 4 is 34.6 Å². The van der Waals surface area contributed by atoms with Gasteiger partial charge in [-0.2, -0.15) is 0 Å². The van der Waals surface area contributed by atoms with E-state index < -0.39 is 59.0 Å². The zero-order valence-corrected chi connectivity index (χ0v) is 22.3. The summed E-state index contributed by atoms with van der Waals surface area (Å²) in [6.07, 6.45) is -0.0725. The van der Waals surface area contributed by atoms with Crippen LogP contribution >= 0.6 is 0 Å². The first-order valence-corrected chi connectivity index (χ1v) is 12.9. The van der Waals surface area contributed by atoms with Crippen molar-refractivity contribution in [1.82, 2.24) is 20.2 Å². The summed E-state index contributed by atoms with van der Waals surface area (Å²) in [4.78, 5) is 79.0. The molecule has 2 aromatic carbocycles. The first kappa shape index (κ1) is 29.8. The number of hydrogen-bond acceptors (Lipinski definition) is 6. The van der Waals surface area contributed by atoms with Crippen molar-refractivity contribution in [1.29, 1.82) is 0 Å². The van der Waals surface area contributed by atoms with Crippen LogP contribution in [-0.4, -0.2) is 50.4 Å². The summed E-state index contributed by atoms with van der Waals surface area (Å²) in [5.41, 5.74) is 4.65. The molecule has 0 aliphatic heterocycles. The van der Waals surface area contributed by atoms with Crippen LogP contribution in [0.5, 0.6) is 0 Å². The van der Waals surface area contributed by atoms with Crippen molar-refractivity contribution < 1.29 is 24.3 Å². The molecule has 1 unspecified atom stereocenters. The summed E-state index contributed by atoms with van der Waals surface area (Å²) in [5, 5.41) is 14.7. The summed E-state index contributed by atoms with van der Waals surface area (Å²) in [7, 11) is 0. The highest BCUT2D eigenvalue weighted by molar-refractivity contribution is 5.92. The van der Waals surface area contributed by atoms with E-state index in [4.69, 9.17) is 5.73 Å². The van der Waals surface area contributed by atoms with Crippen molar-refractivity contribution in [2.24, 2.45) is 11.7 Å². The van der Waals surface area contributed by atoms with Gasteiger partial charge in [-0.25, -0.2) is 14.2 Å². The number of nitrogens with zero attached hydrogens (tertiary/aromatic N) is 1. The molecular weight excluding hydrogens is 518 g/mol. The molecule has 12 heteroatoms. The van der Waals surface area contributed by atoms with Gasteiger partial charge in [0.25, 0.3) is 5.56 Å². The van der Waals surface area contributed by atoms with Gasteiger partial charge in [-0.15, -0.1) is 0 Å². The molecule has 3 rings (SSSR count). The van der Waals surface area contributed by atoms with E-state index in [2.05, 4.69) is 15.6 Å². The van der Waals surface area contributed by atoms with Crippen LogP contribution in [0, 0.1) is 5.92 Å². The smallest absolute Gasteiger partial charge is 0.329 e. The first-order valence-electron chi connectivity index (χ1n) is 12.9. The Kier molecular flexibility index (Phi) is 9.96. The summed E-state index contributed by atoms with van der Waals surface area (Å²) in [5.74, 6) is -4.07. The Balaban J connectivity index is 2.00. The minimum Gasteiger partial charge on any atom is -0.480 e. The van der Waals surface area contributed by atoms with Crippen LogP contribution in [0.25, 0.3) is 10.9 Å². The summed E-state index contributed by atoms with van der Waals surface area (Å²) >= 11 is 0. The van der Waals surface area contributed by atoms with Gasteiger partial charge in [-0.1, -0.05) is 62.7 Å². The largest absolute Gasteiger partial charge is 0.480 e. The van der Waals surface area contributed by atoms with Crippen molar-refractivity contribution in [3.8, 4) is 0 Å². The molecular formula is C28H33N5O7. The van der Waals surface area contributed by atoms with E-state index in [1.54, 1.807) is 62.4 Å². The number of primary amides is 1. The zero-order chi connectivity index (χ0) is 29.4. The number of H-pyrrole nitrogens is 1. The van der Waals surface area contributed by atoms with E-state index in [1.807, 2.05) is 0 Å². The number of benzene rings is 2. The fourth-order valence-electron chi connectivity index (χ4n) is 4.35. The highest BCUT2D eigenvalue weighted by atomic mass is 16.4.